The van der Waals surface area contributed by atoms with Gasteiger partial charge in [0.25, 0.3) is 10.1 Å². The van der Waals surface area contributed by atoms with Crippen molar-refractivity contribution < 1.29 is 17.7 Å². The Labute approximate surface area is 109 Å². The first kappa shape index (κ1) is 14.0. The lowest BCUT2D eigenvalue weighted by atomic mass is 9.81. The van der Waals surface area contributed by atoms with Crippen LogP contribution < -0.4 is 0 Å². The second-order valence-electron chi connectivity index (χ2n) is 5.47. The van der Waals surface area contributed by atoms with E-state index in [1.165, 1.54) is 0 Å². The number of aliphatic hydroxyl groups is 1. The third-order valence-corrected chi connectivity index (χ3v) is 5.54. The van der Waals surface area contributed by atoms with Gasteiger partial charge in [0.05, 0.1) is 17.1 Å². The fraction of sp³-hybridized carbons (Fsp3) is 0.846. The van der Waals surface area contributed by atoms with Crippen LogP contribution in [0.15, 0.2) is 10.5 Å². The molecule has 0 spiro atoms. The number of rotatable bonds is 3. The van der Waals surface area contributed by atoms with Gasteiger partial charge in [0.1, 0.15) is 0 Å². The van der Waals surface area contributed by atoms with Crippen LogP contribution in [0.25, 0.3) is 0 Å². The maximum atomic E-state index is 11.9. The SMILES string of the molecule is CCCC[C@@H]1CC2=C(C[C@@H]1O)S(=O)(=O)O[C@H](C)C2. The highest BCUT2D eigenvalue weighted by Crippen LogP contribution is 2.41. The Morgan fingerprint density at radius 3 is 2.72 bits per heavy atom. The fourth-order valence-electron chi connectivity index (χ4n) is 2.96. The lowest BCUT2D eigenvalue weighted by Crippen LogP contribution is -2.34. The lowest BCUT2D eigenvalue weighted by molar-refractivity contribution is 0.0890. The summed E-state index contributed by atoms with van der Waals surface area (Å²) in [5, 5.41) is 10.1. The van der Waals surface area contributed by atoms with E-state index in [0.717, 1.165) is 24.8 Å². The predicted octanol–water partition coefficient (Wildman–Crippen LogP) is 2.34. The minimum Gasteiger partial charge on any atom is -0.392 e. The van der Waals surface area contributed by atoms with Crippen LogP contribution in [-0.4, -0.2) is 25.7 Å². The Morgan fingerprint density at radius 1 is 1.33 bits per heavy atom. The van der Waals surface area contributed by atoms with E-state index >= 15 is 0 Å². The maximum Gasteiger partial charge on any atom is 0.293 e. The Hall–Kier alpha value is -0.390. The van der Waals surface area contributed by atoms with Gasteiger partial charge in [-0.05, 0) is 32.1 Å². The molecule has 1 heterocycles. The van der Waals surface area contributed by atoms with Crippen LogP contribution >= 0.6 is 0 Å². The molecular formula is C13H22O4S. The molecular weight excluding hydrogens is 252 g/mol. The van der Waals surface area contributed by atoms with Crippen LogP contribution in [0, 0.1) is 5.92 Å². The zero-order valence-corrected chi connectivity index (χ0v) is 11.9. The van der Waals surface area contributed by atoms with Gasteiger partial charge in [-0.15, -0.1) is 0 Å². The van der Waals surface area contributed by atoms with Crippen molar-refractivity contribution in [2.75, 3.05) is 0 Å². The van der Waals surface area contributed by atoms with E-state index in [1.54, 1.807) is 6.92 Å². The number of hydrogen-bond donors (Lipinski definition) is 1. The lowest BCUT2D eigenvalue weighted by Gasteiger charge is -2.35. The van der Waals surface area contributed by atoms with Crippen molar-refractivity contribution in [2.24, 2.45) is 5.92 Å². The molecule has 0 fully saturated rings. The fourth-order valence-corrected chi connectivity index (χ4v) is 4.47. The smallest absolute Gasteiger partial charge is 0.293 e. The third-order valence-electron chi connectivity index (χ3n) is 3.90. The molecule has 2 aliphatic rings. The van der Waals surface area contributed by atoms with Crippen LogP contribution in [0.3, 0.4) is 0 Å². The number of hydrogen-bond acceptors (Lipinski definition) is 4. The van der Waals surface area contributed by atoms with Crippen LogP contribution in [-0.2, 0) is 14.3 Å². The molecule has 104 valence electrons. The molecule has 0 bridgehead atoms. The van der Waals surface area contributed by atoms with E-state index in [1.807, 2.05) is 0 Å². The van der Waals surface area contributed by atoms with Gasteiger partial charge in [-0.1, -0.05) is 25.3 Å². The van der Waals surface area contributed by atoms with Crippen LogP contribution in [0.1, 0.15) is 52.4 Å². The van der Waals surface area contributed by atoms with Crippen molar-refractivity contribution in [2.45, 2.75) is 64.6 Å². The van der Waals surface area contributed by atoms with Gasteiger partial charge in [-0.3, -0.25) is 4.18 Å². The van der Waals surface area contributed by atoms with Gasteiger partial charge in [-0.25, -0.2) is 0 Å². The minimum atomic E-state index is -3.59. The summed E-state index contributed by atoms with van der Waals surface area (Å²) in [5.41, 5.74) is 0.986. The Bertz CT molecular complexity index is 438. The molecule has 2 rings (SSSR count). The highest BCUT2D eigenvalue weighted by molar-refractivity contribution is 7.90. The van der Waals surface area contributed by atoms with Crippen molar-refractivity contribution >= 4 is 10.1 Å². The molecule has 0 aromatic heterocycles. The van der Waals surface area contributed by atoms with Crippen LogP contribution in [0.2, 0.25) is 0 Å². The molecule has 3 atom stereocenters. The summed E-state index contributed by atoms with van der Waals surface area (Å²) in [6.45, 7) is 3.91. The second-order valence-corrected chi connectivity index (χ2v) is 7.06. The Kier molecular flexibility index (Phi) is 4.14. The maximum absolute atomic E-state index is 11.9. The summed E-state index contributed by atoms with van der Waals surface area (Å²) >= 11 is 0. The average Bonchev–Trinajstić information content (AvgIpc) is 2.27. The molecule has 1 N–H and O–H groups in total. The van der Waals surface area contributed by atoms with Crippen LogP contribution in [0.5, 0.6) is 0 Å². The van der Waals surface area contributed by atoms with Gasteiger partial charge in [0.15, 0.2) is 0 Å². The van der Waals surface area contributed by atoms with E-state index in [-0.39, 0.29) is 18.4 Å². The van der Waals surface area contributed by atoms with Crippen molar-refractivity contribution in [1.82, 2.24) is 0 Å². The van der Waals surface area contributed by atoms with Gasteiger partial charge in [0, 0.05) is 6.42 Å². The highest BCUT2D eigenvalue weighted by atomic mass is 32.2. The molecule has 0 unspecified atom stereocenters. The first-order valence-corrected chi connectivity index (χ1v) is 8.17. The first-order chi connectivity index (χ1) is 8.44. The summed E-state index contributed by atoms with van der Waals surface area (Å²) in [6.07, 6.45) is 3.99. The topological polar surface area (TPSA) is 63.6 Å². The summed E-state index contributed by atoms with van der Waals surface area (Å²) in [6, 6.07) is 0. The molecule has 18 heavy (non-hydrogen) atoms. The summed E-state index contributed by atoms with van der Waals surface area (Å²) < 4.78 is 28.8. The Balaban J connectivity index is 2.21. The normalized spacial score (nSPS) is 35.4. The van der Waals surface area contributed by atoms with Crippen molar-refractivity contribution in [3.05, 3.63) is 10.5 Å². The second kappa shape index (κ2) is 5.31. The largest absolute Gasteiger partial charge is 0.392 e. The van der Waals surface area contributed by atoms with E-state index in [2.05, 4.69) is 6.92 Å². The van der Waals surface area contributed by atoms with E-state index in [0.29, 0.717) is 17.7 Å². The highest BCUT2D eigenvalue weighted by Gasteiger charge is 2.38. The minimum absolute atomic E-state index is 0.212. The summed E-state index contributed by atoms with van der Waals surface area (Å²) in [4.78, 5) is 0.348. The summed E-state index contributed by atoms with van der Waals surface area (Å²) in [7, 11) is -3.59. The predicted molar refractivity (Wildman–Crippen MR) is 69.4 cm³/mol. The van der Waals surface area contributed by atoms with Gasteiger partial charge < -0.3 is 5.11 Å². The molecule has 4 nitrogen and oxygen atoms in total. The quantitative estimate of drug-likeness (QED) is 0.802. The third kappa shape index (κ3) is 2.78. The Morgan fingerprint density at radius 2 is 2.06 bits per heavy atom. The molecule has 0 aromatic carbocycles. The zero-order valence-electron chi connectivity index (χ0n) is 11.1. The number of unbranched alkanes of at least 4 members (excludes halogenated alkanes) is 1. The first-order valence-electron chi connectivity index (χ1n) is 6.76. The average molecular weight is 274 g/mol. The van der Waals surface area contributed by atoms with E-state index in [4.69, 9.17) is 4.18 Å². The summed E-state index contributed by atoms with van der Waals surface area (Å²) in [5.74, 6) is 0.212. The molecule has 0 amide bonds. The number of aliphatic hydroxyl groups excluding tert-OH is 1. The molecule has 0 aromatic rings. The van der Waals surface area contributed by atoms with E-state index < -0.39 is 16.2 Å². The van der Waals surface area contributed by atoms with Gasteiger partial charge >= 0.3 is 0 Å². The van der Waals surface area contributed by atoms with Crippen molar-refractivity contribution in [1.29, 1.82) is 0 Å². The van der Waals surface area contributed by atoms with Gasteiger partial charge in [0.2, 0.25) is 0 Å². The standard InChI is InChI=1S/C13H22O4S/c1-3-4-5-10-7-11-6-9(2)17-18(15,16)13(11)8-12(10)14/h9-10,12,14H,3-8H2,1-2H3/t9-,10-,12+/m1/s1. The van der Waals surface area contributed by atoms with E-state index in [9.17, 15) is 13.5 Å². The zero-order chi connectivity index (χ0) is 13.3. The van der Waals surface area contributed by atoms with Crippen LogP contribution in [0.4, 0.5) is 0 Å². The van der Waals surface area contributed by atoms with Crippen molar-refractivity contribution in [3.63, 3.8) is 0 Å². The molecule has 0 saturated heterocycles. The van der Waals surface area contributed by atoms with Gasteiger partial charge in [-0.2, -0.15) is 8.42 Å². The molecule has 0 saturated carbocycles. The monoisotopic (exact) mass is 274 g/mol. The molecule has 1 aliphatic carbocycles. The molecule has 1 aliphatic heterocycles. The molecule has 0 radical (unpaired) electrons. The molecule has 5 heteroatoms. The van der Waals surface area contributed by atoms with Crippen molar-refractivity contribution in [3.8, 4) is 0 Å².